The van der Waals surface area contributed by atoms with Crippen molar-refractivity contribution < 1.29 is 19.4 Å². The third-order valence-electron chi connectivity index (χ3n) is 2.69. The summed E-state index contributed by atoms with van der Waals surface area (Å²) in [7, 11) is 1.14. The number of halogens is 1. The fraction of sp³-hybridized carbons (Fsp3) is 0.273. The summed E-state index contributed by atoms with van der Waals surface area (Å²) in [5.41, 5.74) is -1.07. The Labute approximate surface area is 100 Å². The summed E-state index contributed by atoms with van der Waals surface area (Å²) >= 11 is 3.28. The molecule has 16 heavy (non-hydrogen) atoms. The Kier molecular flexibility index (Phi) is 2.59. The van der Waals surface area contributed by atoms with Gasteiger partial charge in [0.15, 0.2) is 0 Å². The molecular formula is C11H9BrO4. The number of fused-ring (bicyclic) bond motifs is 1. The molecule has 1 unspecified atom stereocenters. The van der Waals surface area contributed by atoms with Gasteiger partial charge in [-0.2, -0.15) is 0 Å². The van der Waals surface area contributed by atoms with Gasteiger partial charge in [-0.3, -0.25) is 4.79 Å². The van der Waals surface area contributed by atoms with Crippen LogP contribution < -0.4 is 0 Å². The van der Waals surface area contributed by atoms with Gasteiger partial charge in [0.2, 0.25) is 11.4 Å². The molecule has 84 valence electrons. The lowest BCUT2D eigenvalue weighted by molar-refractivity contribution is -0.156. The first-order valence-corrected chi connectivity index (χ1v) is 5.43. The number of ether oxygens (including phenoxy) is 1. The fourth-order valence-electron chi connectivity index (χ4n) is 1.84. The Bertz CT molecular complexity index is 483. The third kappa shape index (κ3) is 1.39. The lowest BCUT2D eigenvalue weighted by Crippen LogP contribution is -2.45. The Morgan fingerprint density at radius 1 is 1.56 bits per heavy atom. The smallest absolute Gasteiger partial charge is 0.346 e. The van der Waals surface area contributed by atoms with E-state index in [9.17, 15) is 14.7 Å². The van der Waals surface area contributed by atoms with Crippen LogP contribution in [-0.2, 0) is 16.0 Å². The zero-order chi connectivity index (χ0) is 11.9. The Morgan fingerprint density at radius 3 is 2.81 bits per heavy atom. The molecule has 0 saturated heterocycles. The zero-order valence-electron chi connectivity index (χ0n) is 8.49. The molecule has 1 aliphatic rings. The first kappa shape index (κ1) is 11.3. The Morgan fingerprint density at radius 2 is 2.25 bits per heavy atom. The van der Waals surface area contributed by atoms with Gasteiger partial charge < -0.3 is 9.84 Å². The molecule has 0 fully saturated rings. The molecule has 0 saturated carbocycles. The van der Waals surface area contributed by atoms with E-state index in [4.69, 9.17) is 0 Å². The summed E-state index contributed by atoms with van der Waals surface area (Å²) in [4.78, 5) is 23.3. The lowest BCUT2D eigenvalue weighted by atomic mass is 10.00. The minimum absolute atomic E-state index is 0.0464. The van der Waals surface area contributed by atoms with Crippen molar-refractivity contribution in [1.29, 1.82) is 0 Å². The van der Waals surface area contributed by atoms with Crippen LogP contribution in [0.5, 0.6) is 0 Å². The maximum absolute atomic E-state index is 11.9. The highest BCUT2D eigenvalue weighted by atomic mass is 79.9. The van der Waals surface area contributed by atoms with Crippen LogP contribution in [0, 0.1) is 0 Å². The van der Waals surface area contributed by atoms with Crippen molar-refractivity contribution in [2.75, 3.05) is 7.11 Å². The van der Waals surface area contributed by atoms with E-state index in [1.807, 2.05) is 0 Å². The van der Waals surface area contributed by atoms with Crippen LogP contribution >= 0.6 is 15.9 Å². The lowest BCUT2D eigenvalue weighted by Gasteiger charge is -2.16. The molecule has 0 radical (unpaired) electrons. The average Bonchev–Trinajstić information content (AvgIpc) is 2.54. The highest BCUT2D eigenvalue weighted by Crippen LogP contribution is 2.35. The number of benzene rings is 1. The number of carbonyl (C=O) groups excluding carboxylic acids is 2. The van der Waals surface area contributed by atoms with Crippen LogP contribution in [0.3, 0.4) is 0 Å². The van der Waals surface area contributed by atoms with Crippen molar-refractivity contribution in [3.63, 3.8) is 0 Å². The van der Waals surface area contributed by atoms with Crippen LogP contribution in [0.25, 0.3) is 0 Å². The Hall–Kier alpha value is -1.20. The predicted octanol–water partition coefficient (Wildman–Crippen LogP) is 1.09. The summed E-state index contributed by atoms with van der Waals surface area (Å²) in [6.07, 6.45) is -0.0464. The largest absolute Gasteiger partial charge is 0.467 e. The summed E-state index contributed by atoms with van der Waals surface area (Å²) in [6, 6.07) is 5.03. The number of methoxy groups -OCH3 is 1. The quantitative estimate of drug-likeness (QED) is 0.619. The molecule has 0 aromatic heterocycles. The molecule has 0 heterocycles. The molecule has 4 nitrogen and oxygen atoms in total. The topological polar surface area (TPSA) is 63.6 Å². The number of carbonyl (C=O) groups is 2. The van der Waals surface area contributed by atoms with Gasteiger partial charge in [0.05, 0.1) is 7.11 Å². The first-order valence-electron chi connectivity index (χ1n) is 4.63. The molecule has 0 bridgehead atoms. The molecule has 0 spiro atoms. The van der Waals surface area contributed by atoms with Crippen LogP contribution in [0.1, 0.15) is 15.9 Å². The minimum Gasteiger partial charge on any atom is -0.467 e. The molecule has 1 aromatic rings. The van der Waals surface area contributed by atoms with Gasteiger partial charge >= 0.3 is 5.97 Å². The average molecular weight is 285 g/mol. The van der Waals surface area contributed by atoms with Gasteiger partial charge in [0, 0.05) is 16.5 Å². The second-order valence-corrected chi connectivity index (χ2v) is 4.48. The van der Waals surface area contributed by atoms with E-state index in [1.54, 1.807) is 18.2 Å². The molecule has 1 aliphatic carbocycles. The number of Topliss-reactive ketones (excluding diaryl/α,β-unsaturated/α-hetero) is 1. The van der Waals surface area contributed by atoms with Crippen molar-refractivity contribution in [2.45, 2.75) is 12.0 Å². The van der Waals surface area contributed by atoms with Gasteiger partial charge in [-0.1, -0.05) is 28.1 Å². The zero-order valence-corrected chi connectivity index (χ0v) is 10.1. The van der Waals surface area contributed by atoms with Crippen molar-refractivity contribution in [2.24, 2.45) is 0 Å². The van der Waals surface area contributed by atoms with Gasteiger partial charge in [0.1, 0.15) is 0 Å². The van der Waals surface area contributed by atoms with E-state index in [0.29, 0.717) is 15.6 Å². The number of rotatable bonds is 1. The molecule has 1 atom stereocenters. The number of aliphatic hydroxyl groups is 1. The SMILES string of the molecule is COC(=O)C1(O)Cc2c(Br)cccc2C1=O. The number of hydrogen-bond acceptors (Lipinski definition) is 4. The normalized spacial score (nSPS) is 23.1. The summed E-state index contributed by atoms with van der Waals surface area (Å²) in [5.74, 6) is -1.52. The monoisotopic (exact) mass is 284 g/mol. The maximum Gasteiger partial charge on any atom is 0.346 e. The Balaban J connectivity index is 2.53. The van der Waals surface area contributed by atoms with E-state index >= 15 is 0 Å². The molecule has 1 N–H and O–H groups in total. The number of ketones is 1. The van der Waals surface area contributed by atoms with Gasteiger partial charge in [-0.05, 0) is 11.6 Å². The van der Waals surface area contributed by atoms with E-state index in [0.717, 1.165) is 7.11 Å². The van der Waals surface area contributed by atoms with Gasteiger partial charge in [-0.15, -0.1) is 0 Å². The third-order valence-corrected chi connectivity index (χ3v) is 3.44. The highest BCUT2D eigenvalue weighted by Gasteiger charge is 2.51. The first-order chi connectivity index (χ1) is 7.50. The second kappa shape index (κ2) is 3.68. The fourth-order valence-corrected chi connectivity index (χ4v) is 2.35. The van der Waals surface area contributed by atoms with E-state index in [1.165, 1.54) is 0 Å². The molecule has 0 amide bonds. The summed E-state index contributed by atoms with van der Waals surface area (Å²) in [6.45, 7) is 0. The molecule has 5 heteroatoms. The summed E-state index contributed by atoms with van der Waals surface area (Å²) < 4.78 is 5.16. The van der Waals surface area contributed by atoms with Gasteiger partial charge in [-0.25, -0.2) is 4.79 Å². The second-order valence-electron chi connectivity index (χ2n) is 3.62. The van der Waals surface area contributed by atoms with Crippen molar-refractivity contribution >= 4 is 27.7 Å². The van der Waals surface area contributed by atoms with Crippen LogP contribution in [-0.4, -0.2) is 29.6 Å². The van der Waals surface area contributed by atoms with Crippen LogP contribution in [0.4, 0.5) is 0 Å². The van der Waals surface area contributed by atoms with Gasteiger partial charge in [0.25, 0.3) is 0 Å². The van der Waals surface area contributed by atoms with Crippen LogP contribution in [0.15, 0.2) is 22.7 Å². The molecular weight excluding hydrogens is 276 g/mol. The number of esters is 1. The van der Waals surface area contributed by atoms with Crippen molar-refractivity contribution in [3.05, 3.63) is 33.8 Å². The molecule has 2 rings (SSSR count). The predicted molar refractivity (Wildman–Crippen MR) is 59.1 cm³/mol. The van der Waals surface area contributed by atoms with Crippen molar-refractivity contribution in [1.82, 2.24) is 0 Å². The number of hydrogen-bond donors (Lipinski definition) is 1. The summed E-state index contributed by atoms with van der Waals surface area (Å²) in [5, 5.41) is 10.0. The standard InChI is InChI=1S/C11H9BrO4/c1-16-10(14)11(15)5-7-6(9(11)13)3-2-4-8(7)12/h2-4,15H,5H2,1H3. The molecule has 1 aromatic carbocycles. The minimum atomic E-state index is -2.07. The maximum atomic E-state index is 11.9. The molecule has 0 aliphatic heterocycles. The van der Waals surface area contributed by atoms with Crippen molar-refractivity contribution in [3.8, 4) is 0 Å². The highest BCUT2D eigenvalue weighted by molar-refractivity contribution is 9.10. The van der Waals surface area contributed by atoms with E-state index < -0.39 is 17.4 Å². The van der Waals surface area contributed by atoms with E-state index in [2.05, 4.69) is 20.7 Å². The van der Waals surface area contributed by atoms with E-state index in [-0.39, 0.29) is 6.42 Å². The van der Waals surface area contributed by atoms with Crippen LogP contribution in [0.2, 0.25) is 0 Å².